The Morgan fingerprint density at radius 3 is 2.50 bits per heavy atom. The number of benzene rings is 1. The monoisotopic (exact) mass is 259 g/mol. The highest BCUT2D eigenvalue weighted by Crippen LogP contribution is 2.25. The average Bonchev–Trinajstić information content (AvgIpc) is 2.29. The van der Waals surface area contributed by atoms with Crippen LogP contribution in [0, 0.1) is 5.92 Å². The number of amides is 1. The summed E-state index contributed by atoms with van der Waals surface area (Å²) >= 11 is 0. The normalized spacial score (nSPS) is 12.0. The van der Waals surface area contributed by atoms with Crippen LogP contribution in [-0.2, 0) is 9.59 Å². The fourth-order valence-electron chi connectivity index (χ4n) is 1.12. The lowest BCUT2D eigenvalue weighted by Gasteiger charge is -2.12. The standard InChI is InChI=1S/C11H11F2NO4/c1-6(10(16)17)9(15)14-7-4-2-3-5-8(7)18-11(12)13/h2-6,11H,1H3,(H,14,15)(H,16,17). The Labute approximate surface area is 101 Å². The molecular formula is C11H11F2NO4. The number of anilines is 1. The molecule has 1 unspecified atom stereocenters. The van der Waals surface area contributed by atoms with Gasteiger partial charge >= 0.3 is 12.6 Å². The van der Waals surface area contributed by atoms with Gasteiger partial charge in [0.15, 0.2) is 0 Å². The van der Waals surface area contributed by atoms with E-state index in [1.165, 1.54) is 31.2 Å². The van der Waals surface area contributed by atoms with Crippen LogP contribution in [0.15, 0.2) is 24.3 Å². The minimum Gasteiger partial charge on any atom is -0.481 e. The molecule has 0 aliphatic carbocycles. The molecule has 0 heterocycles. The molecule has 0 aliphatic heterocycles. The zero-order chi connectivity index (χ0) is 13.7. The SMILES string of the molecule is CC(C(=O)O)C(=O)Nc1ccccc1OC(F)F. The maximum absolute atomic E-state index is 12.1. The molecule has 5 nitrogen and oxygen atoms in total. The van der Waals surface area contributed by atoms with E-state index in [1.54, 1.807) is 0 Å². The summed E-state index contributed by atoms with van der Waals surface area (Å²) in [6, 6.07) is 5.53. The molecule has 1 aromatic carbocycles. The smallest absolute Gasteiger partial charge is 0.387 e. The van der Waals surface area contributed by atoms with Gasteiger partial charge in [0.2, 0.25) is 5.91 Å². The van der Waals surface area contributed by atoms with Crippen LogP contribution in [0.2, 0.25) is 0 Å². The van der Waals surface area contributed by atoms with Gasteiger partial charge in [-0.3, -0.25) is 9.59 Å². The maximum Gasteiger partial charge on any atom is 0.387 e. The second kappa shape index (κ2) is 5.95. The van der Waals surface area contributed by atoms with E-state index >= 15 is 0 Å². The van der Waals surface area contributed by atoms with Crippen molar-refractivity contribution in [3.05, 3.63) is 24.3 Å². The molecule has 1 rings (SSSR count). The molecule has 0 bridgehead atoms. The molecule has 1 amide bonds. The molecule has 1 atom stereocenters. The molecule has 98 valence electrons. The van der Waals surface area contributed by atoms with Crippen LogP contribution in [0.4, 0.5) is 14.5 Å². The number of alkyl halides is 2. The molecule has 0 fully saturated rings. The quantitative estimate of drug-likeness (QED) is 0.792. The fraction of sp³-hybridized carbons (Fsp3) is 0.273. The number of carboxylic acid groups (broad SMARTS) is 1. The first-order chi connectivity index (χ1) is 8.41. The first-order valence-corrected chi connectivity index (χ1v) is 4.99. The Kier molecular flexibility index (Phi) is 4.59. The van der Waals surface area contributed by atoms with Crippen molar-refractivity contribution >= 4 is 17.6 Å². The first kappa shape index (κ1) is 13.9. The number of carbonyl (C=O) groups excluding carboxylic acids is 1. The Morgan fingerprint density at radius 1 is 1.33 bits per heavy atom. The molecule has 0 spiro atoms. The van der Waals surface area contributed by atoms with Gasteiger partial charge in [0.25, 0.3) is 0 Å². The number of hydrogen-bond acceptors (Lipinski definition) is 3. The number of ether oxygens (including phenoxy) is 1. The Balaban J connectivity index is 2.84. The highest BCUT2D eigenvalue weighted by atomic mass is 19.3. The van der Waals surface area contributed by atoms with Crippen molar-refractivity contribution in [1.82, 2.24) is 0 Å². The van der Waals surface area contributed by atoms with Crippen LogP contribution in [0.3, 0.4) is 0 Å². The van der Waals surface area contributed by atoms with Gasteiger partial charge in [0, 0.05) is 0 Å². The van der Waals surface area contributed by atoms with E-state index in [9.17, 15) is 18.4 Å². The molecular weight excluding hydrogens is 248 g/mol. The summed E-state index contributed by atoms with van der Waals surface area (Å²) in [5.74, 6) is -3.63. The summed E-state index contributed by atoms with van der Waals surface area (Å²) in [6.07, 6.45) is 0. The summed E-state index contributed by atoms with van der Waals surface area (Å²) < 4.78 is 28.4. The van der Waals surface area contributed by atoms with E-state index in [0.717, 1.165) is 0 Å². The Bertz CT molecular complexity index is 450. The molecule has 0 aromatic heterocycles. The highest BCUT2D eigenvalue weighted by Gasteiger charge is 2.21. The molecule has 0 saturated carbocycles. The molecule has 7 heteroatoms. The van der Waals surface area contributed by atoms with Crippen molar-refractivity contribution < 1.29 is 28.2 Å². The van der Waals surface area contributed by atoms with Crippen LogP contribution >= 0.6 is 0 Å². The summed E-state index contributed by atoms with van der Waals surface area (Å²) in [4.78, 5) is 22.0. The Hall–Kier alpha value is -2.18. The van der Waals surface area contributed by atoms with Crippen LogP contribution in [0.25, 0.3) is 0 Å². The van der Waals surface area contributed by atoms with Crippen molar-refractivity contribution in [2.45, 2.75) is 13.5 Å². The molecule has 2 N–H and O–H groups in total. The highest BCUT2D eigenvalue weighted by molar-refractivity contribution is 6.04. The van der Waals surface area contributed by atoms with Gasteiger partial charge in [-0.2, -0.15) is 8.78 Å². The zero-order valence-corrected chi connectivity index (χ0v) is 9.39. The molecule has 18 heavy (non-hydrogen) atoms. The number of rotatable bonds is 5. The minimum atomic E-state index is -3.03. The van der Waals surface area contributed by atoms with Gasteiger partial charge in [-0.15, -0.1) is 0 Å². The first-order valence-electron chi connectivity index (χ1n) is 4.99. The second-order valence-corrected chi connectivity index (χ2v) is 3.42. The van der Waals surface area contributed by atoms with Gasteiger partial charge < -0.3 is 15.2 Å². The van der Waals surface area contributed by atoms with Gasteiger partial charge in [0.1, 0.15) is 11.7 Å². The summed E-state index contributed by atoms with van der Waals surface area (Å²) in [5, 5.41) is 10.9. The van der Waals surface area contributed by atoms with E-state index in [-0.39, 0.29) is 11.4 Å². The second-order valence-electron chi connectivity index (χ2n) is 3.42. The third-order valence-corrected chi connectivity index (χ3v) is 2.12. The van der Waals surface area contributed by atoms with E-state index < -0.39 is 24.4 Å². The van der Waals surface area contributed by atoms with Crippen molar-refractivity contribution in [2.24, 2.45) is 5.92 Å². The summed E-state index contributed by atoms with van der Waals surface area (Å²) in [5.41, 5.74) is -0.00380. The van der Waals surface area contributed by atoms with E-state index in [2.05, 4.69) is 10.1 Å². The predicted molar refractivity (Wildman–Crippen MR) is 58.5 cm³/mol. The number of hydrogen-bond donors (Lipinski definition) is 2. The number of para-hydroxylation sites is 2. The third kappa shape index (κ3) is 3.69. The average molecular weight is 259 g/mol. The summed E-state index contributed by atoms with van der Waals surface area (Å²) in [6.45, 7) is -1.84. The van der Waals surface area contributed by atoms with Crippen molar-refractivity contribution in [3.8, 4) is 5.75 Å². The van der Waals surface area contributed by atoms with E-state index in [4.69, 9.17) is 5.11 Å². The lowest BCUT2D eigenvalue weighted by Crippen LogP contribution is -2.27. The molecule has 0 saturated heterocycles. The molecule has 0 aliphatic rings. The molecule has 1 aromatic rings. The van der Waals surface area contributed by atoms with Gasteiger partial charge in [-0.25, -0.2) is 0 Å². The lowest BCUT2D eigenvalue weighted by molar-refractivity contribution is -0.144. The largest absolute Gasteiger partial charge is 0.481 e. The van der Waals surface area contributed by atoms with Crippen LogP contribution in [0.5, 0.6) is 5.75 Å². The van der Waals surface area contributed by atoms with Crippen molar-refractivity contribution in [1.29, 1.82) is 0 Å². The maximum atomic E-state index is 12.1. The molecule has 0 radical (unpaired) electrons. The zero-order valence-electron chi connectivity index (χ0n) is 9.39. The predicted octanol–water partition coefficient (Wildman–Crippen LogP) is 1.95. The fourth-order valence-corrected chi connectivity index (χ4v) is 1.12. The van der Waals surface area contributed by atoms with Gasteiger partial charge in [0.05, 0.1) is 5.69 Å². The number of carboxylic acids is 1. The van der Waals surface area contributed by atoms with Crippen molar-refractivity contribution in [3.63, 3.8) is 0 Å². The van der Waals surface area contributed by atoms with Crippen LogP contribution in [-0.4, -0.2) is 23.6 Å². The topological polar surface area (TPSA) is 75.6 Å². The van der Waals surface area contributed by atoms with Crippen LogP contribution < -0.4 is 10.1 Å². The van der Waals surface area contributed by atoms with Crippen molar-refractivity contribution in [2.75, 3.05) is 5.32 Å². The minimum absolute atomic E-state index is 0.00380. The number of aliphatic carboxylic acids is 1. The Morgan fingerprint density at radius 2 is 1.94 bits per heavy atom. The number of nitrogens with one attached hydrogen (secondary N) is 1. The van der Waals surface area contributed by atoms with Gasteiger partial charge in [-0.05, 0) is 19.1 Å². The van der Waals surface area contributed by atoms with Gasteiger partial charge in [-0.1, -0.05) is 12.1 Å². The third-order valence-electron chi connectivity index (χ3n) is 2.12. The lowest BCUT2D eigenvalue weighted by atomic mass is 10.1. The summed E-state index contributed by atoms with van der Waals surface area (Å²) in [7, 11) is 0. The van der Waals surface area contributed by atoms with Crippen LogP contribution in [0.1, 0.15) is 6.92 Å². The van der Waals surface area contributed by atoms with E-state index in [0.29, 0.717) is 0 Å². The number of halogens is 2. The number of carbonyl (C=O) groups is 2. The van der Waals surface area contributed by atoms with E-state index in [1.807, 2.05) is 0 Å².